The SMILES string of the molecule is COc1cc(C2COc3cc(C4OCC5C(c6cc(OC)c(O)c(OC)c6)OCC45)ccc3C2O)ccc1O. The van der Waals surface area contributed by atoms with Gasteiger partial charge in [-0.25, -0.2) is 0 Å². The average molecular weight is 537 g/mol. The van der Waals surface area contributed by atoms with Gasteiger partial charge in [-0.2, -0.15) is 0 Å². The van der Waals surface area contributed by atoms with E-state index in [2.05, 4.69) is 0 Å². The molecule has 9 heteroatoms. The van der Waals surface area contributed by atoms with Crippen LogP contribution >= 0.6 is 0 Å². The number of aliphatic hydroxyl groups is 1. The molecule has 6 atom stereocenters. The fourth-order valence-electron chi connectivity index (χ4n) is 6.10. The Bertz CT molecular complexity index is 1350. The predicted octanol–water partition coefficient (Wildman–Crippen LogP) is 4.41. The van der Waals surface area contributed by atoms with Crippen LogP contribution in [0.4, 0.5) is 0 Å². The Morgan fingerprint density at radius 3 is 1.92 bits per heavy atom. The van der Waals surface area contributed by atoms with E-state index in [9.17, 15) is 15.3 Å². The molecule has 206 valence electrons. The summed E-state index contributed by atoms with van der Waals surface area (Å²) in [5.74, 6) is 1.62. The van der Waals surface area contributed by atoms with Crippen LogP contribution in [0.2, 0.25) is 0 Å². The van der Waals surface area contributed by atoms with Crippen molar-refractivity contribution in [1.82, 2.24) is 0 Å². The first-order chi connectivity index (χ1) is 18.9. The number of aliphatic hydroxyl groups excluding tert-OH is 1. The number of methoxy groups -OCH3 is 3. The molecule has 2 saturated heterocycles. The predicted molar refractivity (Wildman–Crippen MR) is 140 cm³/mol. The first kappa shape index (κ1) is 25.6. The van der Waals surface area contributed by atoms with Crippen molar-refractivity contribution in [3.05, 3.63) is 70.8 Å². The molecule has 2 fully saturated rings. The topological polar surface area (TPSA) is 116 Å². The summed E-state index contributed by atoms with van der Waals surface area (Å²) in [6.45, 7) is 1.34. The maximum Gasteiger partial charge on any atom is 0.200 e. The van der Waals surface area contributed by atoms with Gasteiger partial charge in [-0.3, -0.25) is 0 Å². The summed E-state index contributed by atoms with van der Waals surface area (Å²) in [5, 5.41) is 31.4. The smallest absolute Gasteiger partial charge is 0.200 e. The van der Waals surface area contributed by atoms with Gasteiger partial charge in [-0.15, -0.1) is 0 Å². The molecule has 0 saturated carbocycles. The highest BCUT2D eigenvalue weighted by Crippen LogP contribution is 2.53. The van der Waals surface area contributed by atoms with Gasteiger partial charge in [0.25, 0.3) is 0 Å². The van der Waals surface area contributed by atoms with Crippen LogP contribution < -0.4 is 18.9 Å². The van der Waals surface area contributed by atoms with Crippen molar-refractivity contribution >= 4 is 0 Å². The normalized spacial score (nSPS) is 27.4. The minimum atomic E-state index is -0.770. The van der Waals surface area contributed by atoms with E-state index in [0.29, 0.717) is 48.4 Å². The number of hydrogen-bond donors (Lipinski definition) is 3. The number of phenols is 2. The van der Waals surface area contributed by atoms with Crippen LogP contribution in [-0.2, 0) is 9.47 Å². The van der Waals surface area contributed by atoms with E-state index in [4.69, 9.17) is 28.4 Å². The summed E-state index contributed by atoms with van der Waals surface area (Å²) in [6, 6.07) is 14.5. The van der Waals surface area contributed by atoms with Crippen LogP contribution in [0.25, 0.3) is 0 Å². The highest BCUT2D eigenvalue weighted by atomic mass is 16.5. The molecule has 0 radical (unpaired) electrons. The highest BCUT2D eigenvalue weighted by molar-refractivity contribution is 5.53. The lowest BCUT2D eigenvalue weighted by Gasteiger charge is -2.31. The van der Waals surface area contributed by atoms with Gasteiger partial charge in [-0.05, 0) is 47.0 Å². The summed E-state index contributed by atoms with van der Waals surface area (Å²) in [4.78, 5) is 0. The van der Waals surface area contributed by atoms with E-state index in [1.54, 1.807) is 30.3 Å². The van der Waals surface area contributed by atoms with Gasteiger partial charge in [-0.1, -0.05) is 18.2 Å². The Labute approximate surface area is 226 Å². The monoisotopic (exact) mass is 536 g/mol. The number of rotatable bonds is 6. The summed E-state index contributed by atoms with van der Waals surface area (Å²) in [6.07, 6.45) is -1.17. The van der Waals surface area contributed by atoms with E-state index >= 15 is 0 Å². The Morgan fingerprint density at radius 2 is 1.28 bits per heavy atom. The van der Waals surface area contributed by atoms with E-state index < -0.39 is 6.10 Å². The van der Waals surface area contributed by atoms with Gasteiger partial charge in [0.1, 0.15) is 5.75 Å². The molecule has 39 heavy (non-hydrogen) atoms. The molecule has 3 aliphatic heterocycles. The molecule has 6 rings (SSSR count). The fraction of sp³-hybridized carbons (Fsp3) is 0.400. The third-order valence-corrected chi connectivity index (χ3v) is 8.21. The zero-order valence-electron chi connectivity index (χ0n) is 22.0. The van der Waals surface area contributed by atoms with Crippen molar-refractivity contribution < 1.29 is 43.7 Å². The Morgan fingerprint density at radius 1 is 0.692 bits per heavy atom. The standard InChI is InChI=1S/C30H32O9/c1-34-24-8-15(5-7-22(24)31)19-12-37-23-9-16(4-6-18(23)27(19)32)29-20-13-39-30(21(20)14-38-29)17-10-25(35-2)28(33)26(11-17)36-3/h4-11,19-21,27,29-33H,12-14H2,1-3H3. The van der Waals surface area contributed by atoms with Gasteiger partial charge in [0.05, 0.1) is 59.5 Å². The first-order valence-electron chi connectivity index (χ1n) is 12.9. The third-order valence-electron chi connectivity index (χ3n) is 8.21. The number of phenolic OH excluding ortho intramolecular Hbond substituents is 2. The lowest BCUT2D eigenvalue weighted by atomic mass is 9.83. The minimum absolute atomic E-state index is 0.0399. The van der Waals surface area contributed by atoms with Crippen molar-refractivity contribution in [1.29, 1.82) is 0 Å². The Kier molecular flexibility index (Phi) is 6.66. The summed E-state index contributed by atoms with van der Waals surface area (Å²) < 4.78 is 34.6. The lowest BCUT2D eigenvalue weighted by molar-refractivity contribution is 0.0189. The van der Waals surface area contributed by atoms with Crippen molar-refractivity contribution in [2.24, 2.45) is 11.8 Å². The molecule has 3 aromatic rings. The zero-order valence-corrected chi connectivity index (χ0v) is 22.0. The highest BCUT2D eigenvalue weighted by Gasteiger charge is 2.48. The number of benzene rings is 3. The number of ether oxygens (including phenoxy) is 6. The van der Waals surface area contributed by atoms with Crippen molar-refractivity contribution in [2.45, 2.75) is 24.2 Å². The maximum absolute atomic E-state index is 11.2. The number of hydrogen-bond acceptors (Lipinski definition) is 9. The molecular weight excluding hydrogens is 504 g/mol. The molecule has 0 bridgehead atoms. The molecule has 0 aliphatic carbocycles. The van der Waals surface area contributed by atoms with Crippen molar-refractivity contribution in [3.8, 4) is 34.5 Å². The third kappa shape index (κ3) is 4.30. The van der Waals surface area contributed by atoms with Crippen molar-refractivity contribution in [3.63, 3.8) is 0 Å². The van der Waals surface area contributed by atoms with E-state index in [1.165, 1.54) is 21.3 Å². The van der Waals surface area contributed by atoms with Gasteiger partial charge >= 0.3 is 0 Å². The van der Waals surface area contributed by atoms with Crippen LogP contribution in [-0.4, -0.2) is 56.5 Å². The van der Waals surface area contributed by atoms with Gasteiger partial charge in [0.2, 0.25) is 5.75 Å². The van der Waals surface area contributed by atoms with Crippen LogP contribution in [0.5, 0.6) is 34.5 Å². The molecule has 3 N–H and O–H groups in total. The molecule has 3 aromatic carbocycles. The molecule has 0 aromatic heterocycles. The van der Waals surface area contributed by atoms with E-state index in [0.717, 1.165) is 16.7 Å². The van der Waals surface area contributed by atoms with Gasteiger partial charge in [0.15, 0.2) is 23.0 Å². The van der Waals surface area contributed by atoms with Crippen molar-refractivity contribution in [2.75, 3.05) is 41.2 Å². The quantitative estimate of drug-likeness (QED) is 0.421. The molecule has 0 amide bonds. The summed E-state index contributed by atoms with van der Waals surface area (Å²) in [7, 11) is 4.50. The lowest BCUT2D eigenvalue weighted by Crippen LogP contribution is -2.24. The second-order valence-corrected chi connectivity index (χ2v) is 10.2. The zero-order chi connectivity index (χ0) is 27.3. The molecule has 3 heterocycles. The Balaban J connectivity index is 1.22. The summed E-state index contributed by atoms with van der Waals surface area (Å²) >= 11 is 0. The second-order valence-electron chi connectivity index (χ2n) is 10.2. The fourth-order valence-corrected chi connectivity index (χ4v) is 6.10. The van der Waals surface area contributed by atoms with Gasteiger partial charge in [0, 0.05) is 23.3 Å². The maximum atomic E-state index is 11.2. The molecule has 9 nitrogen and oxygen atoms in total. The number of fused-ring (bicyclic) bond motifs is 2. The number of aromatic hydroxyl groups is 2. The van der Waals surface area contributed by atoms with E-state index in [1.807, 2.05) is 18.2 Å². The van der Waals surface area contributed by atoms with Crippen LogP contribution in [0.15, 0.2) is 48.5 Å². The minimum Gasteiger partial charge on any atom is -0.504 e. The summed E-state index contributed by atoms with van der Waals surface area (Å²) in [5.41, 5.74) is 3.38. The van der Waals surface area contributed by atoms with Crippen LogP contribution in [0, 0.1) is 11.8 Å². The molecular formula is C30H32O9. The molecule has 3 aliphatic rings. The second kappa shape index (κ2) is 10.1. The largest absolute Gasteiger partial charge is 0.504 e. The van der Waals surface area contributed by atoms with Gasteiger partial charge < -0.3 is 43.7 Å². The first-order valence-corrected chi connectivity index (χ1v) is 12.9. The molecule has 0 spiro atoms. The Hall–Kier alpha value is -3.66. The van der Waals surface area contributed by atoms with Crippen LogP contribution in [0.3, 0.4) is 0 Å². The van der Waals surface area contributed by atoms with Crippen LogP contribution in [0.1, 0.15) is 46.5 Å². The average Bonchev–Trinajstić information content (AvgIpc) is 3.56. The van der Waals surface area contributed by atoms with E-state index in [-0.39, 0.29) is 41.5 Å². The molecule has 6 unspecified atom stereocenters.